The van der Waals surface area contributed by atoms with Gasteiger partial charge >= 0.3 is 0 Å². The van der Waals surface area contributed by atoms with Crippen LogP contribution in [-0.4, -0.2) is 60.5 Å². The second-order valence-electron chi connectivity index (χ2n) is 8.39. The lowest BCUT2D eigenvalue weighted by atomic mass is 9.64. The lowest BCUT2D eigenvalue weighted by Crippen LogP contribution is -2.61. The van der Waals surface area contributed by atoms with Crippen molar-refractivity contribution in [3.63, 3.8) is 0 Å². The van der Waals surface area contributed by atoms with Crippen molar-refractivity contribution in [2.75, 3.05) is 39.3 Å². The molecule has 1 heterocycles. The number of nitrogens with one attached hydrogen (secondary N) is 1. The standard InChI is InChI=1S/C18H33N3O/c1-5-20-8-10-21(11-9-20)13-16(22)19-18(4)15-7-6-14(12-15)17(18,2)3/h14-15H,5-13H2,1-4H3,(H,19,22)/t14-,15-,18+/m0/s1. The lowest BCUT2D eigenvalue weighted by Gasteiger charge is -2.48. The Morgan fingerprint density at radius 2 is 1.64 bits per heavy atom. The Balaban J connectivity index is 1.56. The Morgan fingerprint density at radius 3 is 2.18 bits per heavy atom. The number of carbonyl (C=O) groups is 1. The summed E-state index contributed by atoms with van der Waals surface area (Å²) < 4.78 is 0. The van der Waals surface area contributed by atoms with Crippen LogP contribution in [0.15, 0.2) is 0 Å². The first-order valence-electron chi connectivity index (χ1n) is 9.12. The van der Waals surface area contributed by atoms with Gasteiger partial charge in [-0.15, -0.1) is 0 Å². The van der Waals surface area contributed by atoms with Crippen LogP contribution >= 0.6 is 0 Å². The molecular weight excluding hydrogens is 274 g/mol. The van der Waals surface area contributed by atoms with Crippen molar-refractivity contribution < 1.29 is 4.79 Å². The van der Waals surface area contributed by atoms with Gasteiger partial charge in [-0.3, -0.25) is 9.69 Å². The average molecular weight is 307 g/mol. The molecule has 22 heavy (non-hydrogen) atoms. The molecule has 0 radical (unpaired) electrons. The number of hydrogen-bond donors (Lipinski definition) is 1. The van der Waals surface area contributed by atoms with Crippen LogP contribution in [0.2, 0.25) is 0 Å². The molecule has 1 N–H and O–H groups in total. The molecule has 126 valence electrons. The summed E-state index contributed by atoms with van der Waals surface area (Å²) in [5, 5.41) is 3.46. The Kier molecular flexibility index (Phi) is 4.28. The number of carbonyl (C=O) groups excluding carboxylic acids is 1. The van der Waals surface area contributed by atoms with Gasteiger partial charge in [0.2, 0.25) is 5.91 Å². The summed E-state index contributed by atoms with van der Waals surface area (Å²) in [5.41, 5.74) is 0.213. The zero-order chi connectivity index (χ0) is 16.0. The molecule has 4 nitrogen and oxygen atoms in total. The van der Waals surface area contributed by atoms with Crippen molar-refractivity contribution >= 4 is 5.91 Å². The predicted octanol–water partition coefficient (Wildman–Crippen LogP) is 1.95. The SMILES string of the molecule is CCN1CCN(CC(=O)N[C@]2(C)[C@H]3CC[C@@H](C3)C2(C)C)CC1. The molecule has 1 saturated heterocycles. The second kappa shape index (κ2) is 5.79. The maximum Gasteiger partial charge on any atom is 0.234 e. The van der Waals surface area contributed by atoms with Gasteiger partial charge in [-0.2, -0.15) is 0 Å². The third kappa shape index (κ3) is 2.58. The van der Waals surface area contributed by atoms with Crippen molar-refractivity contribution in [3.05, 3.63) is 0 Å². The van der Waals surface area contributed by atoms with Crippen LogP contribution in [0.5, 0.6) is 0 Å². The second-order valence-corrected chi connectivity index (χ2v) is 8.39. The van der Waals surface area contributed by atoms with Gasteiger partial charge in [0.25, 0.3) is 0 Å². The molecule has 0 unspecified atom stereocenters. The van der Waals surface area contributed by atoms with E-state index in [4.69, 9.17) is 0 Å². The third-order valence-corrected chi connectivity index (χ3v) is 7.29. The minimum Gasteiger partial charge on any atom is -0.349 e. The summed E-state index contributed by atoms with van der Waals surface area (Å²) in [6, 6.07) is 0. The van der Waals surface area contributed by atoms with E-state index in [9.17, 15) is 4.79 Å². The number of fused-ring (bicyclic) bond motifs is 2. The number of nitrogens with zero attached hydrogens (tertiary/aromatic N) is 2. The van der Waals surface area contributed by atoms with E-state index in [1.165, 1.54) is 19.3 Å². The van der Waals surface area contributed by atoms with Crippen molar-refractivity contribution in [3.8, 4) is 0 Å². The van der Waals surface area contributed by atoms with E-state index in [1.807, 2.05) is 0 Å². The Hall–Kier alpha value is -0.610. The molecule has 0 spiro atoms. The largest absolute Gasteiger partial charge is 0.349 e. The molecule has 1 amide bonds. The first kappa shape index (κ1) is 16.3. The molecular formula is C18H33N3O. The molecule has 0 aromatic rings. The molecule has 4 heteroatoms. The quantitative estimate of drug-likeness (QED) is 0.862. The zero-order valence-electron chi connectivity index (χ0n) is 14.8. The number of piperazine rings is 1. The summed E-state index contributed by atoms with van der Waals surface area (Å²) in [4.78, 5) is 17.4. The zero-order valence-corrected chi connectivity index (χ0v) is 14.8. The first-order valence-corrected chi connectivity index (χ1v) is 9.12. The third-order valence-electron chi connectivity index (χ3n) is 7.29. The van der Waals surface area contributed by atoms with Crippen molar-refractivity contribution in [1.29, 1.82) is 0 Å². The van der Waals surface area contributed by atoms with Crippen LogP contribution in [0.4, 0.5) is 0 Å². The topological polar surface area (TPSA) is 35.6 Å². The fourth-order valence-electron chi connectivity index (χ4n) is 5.17. The van der Waals surface area contributed by atoms with Gasteiger partial charge in [-0.05, 0) is 50.0 Å². The fraction of sp³-hybridized carbons (Fsp3) is 0.944. The summed E-state index contributed by atoms with van der Waals surface area (Å²) in [7, 11) is 0. The van der Waals surface area contributed by atoms with Gasteiger partial charge in [0.15, 0.2) is 0 Å². The van der Waals surface area contributed by atoms with Gasteiger partial charge < -0.3 is 10.2 Å². The normalized spacial score (nSPS) is 38.4. The van der Waals surface area contributed by atoms with Crippen LogP contribution in [0.1, 0.15) is 47.0 Å². The van der Waals surface area contributed by atoms with E-state index in [-0.39, 0.29) is 16.9 Å². The van der Waals surface area contributed by atoms with Crippen molar-refractivity contribution in [2.24, 2.45) is 17.3 Å². The molecule has 3 fully saturated rings. The van der Waals surface area contributed by atoms with E-state index in [1.54, 1.807) is 0 Å². The summed E-state index contributed by atoms with van der Waals surface area (Å²) in [6.45, 7) is 15.1. The highest BCUT2D eigenvalue weighted by atomic mass is 16.2. The molecule has 0 aromatic carbocycles. The minimum absolute atomic E-state index is 0.0156. The molecule has 0 aromatic heterocycles. The number of likely N-dealkylation sites (N-methyl/N-ethyl adjacent to an activating group) is 1. The molecule has 3 aliphatic rings. The van der Waals surface area contributed by atoms with E-state index >= 15 is 0 Å². The van der Waals surface area contributed by atoms with Gasteiger partial charge in [-0.25, -0.2) is 0 Å². The molecule has 1 aliphatic heterocycles. The maximum absolute atomic E-state index is 12.6. The molecule has 2 bridgehead atoms. The van der Waals surface area contributed by atoms with Crippen LogP contribution in [0, 0.1) is 17.3 Å². The van der Waals surface area contributed by atoms with Gasteiger partial charge in [0, 0.05) is 31.7 Å². The monoisotopic (exact) mass is 307 g/mol. The van der Waals surface area contributed by atoms with E-state index in [0.29, 0.717) is 12.5 Å². The Labute approximate surface area is 135 Å². The summed E-state index contributed by atoms with van der Waals surface area (Å²) in [5.74, 6) is 1.69. The average Bonchev–Trinajstić information content (AvgIpc) is 3.03. The smallest absolute Gasteiger partial charge is 0.234 e. The van der Waals surface area contributed by atoms with E-state index < -0.39 is 0 Å². The van der Waals surface area contributed by atoms with Crippen LogP contribution in [0.3, 0.4) is 0 Å². The van der Waals surface area contributed by atoms with Crippen LogP contribution < -0.4 is 5.32 Å². The van der Waals surface area contributed by atoms with Crippen LogP contribution in [-0.2, 0) is 4.79 Å². The molecule has 3 atom stereocenters. The summed E-state index contributed by atoms with van der Waals surface area (Å²) in [6.07, 6.45) is 3.95. The minimum atomic E-state index is -0.0156. The predicted molar refractivity (Wildman–Crippen MR) is 89.7 cm³/mol. The Bertz CT molecular complexity index is 428. The van der Waals surface area contributed by atoms with Crippen molar-refractivity contribution in [1.82, 2.24) is 15.1 Å². The van der Waals surface area contributed by atoms with E-state index in [2.05, 4.69) is 42.8 Å². The molecule has 2 saturated carbocycles. The lowest BCUT2D eigenvalue weighted by molar-refractivity contribution is -0.127. The molecule has 3 rings (SSSR count). The molecule has 2 aliphatic carbocycles. The van der Waals surface area contributed by atoms with Gasteiger partial charge in [-0.1, -0.05) is 20.8 Å². The number of amides is 1. The highest BCUT2D eigenvalue weighted by Gasteiger charge is 2.60. The Morgan fingerprint density at radius 1 is 1.05 bits per heavy atom. The van der Waals surface area contributed by atoms with Crippen LogP contribution in [0.25, 0.3) is 0 Å². The van der Waals surface area contributed by atoms with Gasteiger partial charge in [0.1, 0.15) is 0 Å². The summed E-state index contributed by atoms with van der Waals surface area (Å²) >= 11 is 0. The highest BCUT2D eigenvalue weighted by Crippen LogP contribution is 2.61. The maximum atomic E-state index is 12.6. The van der Waals surface area contributed by atoms with Crippen molar-refractivity contribution in [2.45, 2.75) is 52.5 Å². The number of rotatable bonds is 4. The fourth-order valence-corrected chi connectivity index (χ4v) is 5.17. The van der Waals surface area contributed by atoms with E-state index in [0.717, 1.165) is 38.6 Å². The van der Waals surface area contributed by atoms with Gasteiger partial charge in [0.05, 0.1) is 6.54 Å². The highest BCUT2D eigenvalue weighted by molar-refractivity contribution is 5.79. The first-order chi connectivity index (χ1) is 10.4. The number of hydrogen-bond acceptors (Lipinski definition) is 3.